The standard InChI is InChI=1S/C19H17FN2O3S/c1-11-17(26-19(21-11)13-6-4-5-7-14(13)20)18(23)22-15-9-8-12(24-2)10-16(15)25-3/h4-10H,1-3H3,(H,22,23). The molecule has 2 aromatic carbocycles. The maximum Gasteiger partial charge on any atom is 0.267 e. The molecule has 1 N–H and O–H groups in total. The van der Waals surface area contributed by atoms with Crippen LogP contribution in [-0.4, -0.2) is 25.1 Å². The zero-order valence-corrected chi connectivity index (χ0v) is 15.3. The first kappa shape index (κ1) is 17.9. The van der Waals surface area contributed by atoms with E-state index in [1.165, 1.54) is 13.2 Å². The van der Waals surface area contributed by atoms with Gasteiger partial charge in [0.05, 0.1) is 25.6 Å². The summed E-state index contributed by atoms with van der Waals surface area (Å²) in [6.45, 7) is 1.72. The lowest BCUT2D eigenvalue weighted by Gasteiger charge is -2.11. The number of nitrogens with zero attached hydrogens (tertiary/aromatic N) is 1. The zero-order chi connectivity index (χ0) is 18.7. The molecule has 134 valence electrons. The molecule has 0 radical (unpaired) electrons. The minimum absolute atomic E-state index is 0.328. The molecule has 0 unspecified atom stereocenters. The Kier molecular flexibility index (Phi) is 5.18. The van der Waals surface area contributed by atoms with E-state index in [4.69, 9.17) is 9.47 Å². The number of nitrogens with one attached hydrogen (secondary N) is 1. The highest BCUT2D eigenvalue weighted by molar-refractivity contribution is 7.17. The van der Waals surface area contributed by atoms with Crippen LogP contribution < -0.4 is 14.8 Å². The molecule has 0 saturated carbocycles. The summed E-state index contributed by atoms with van der Waals surface area (Å²) < 4.78 is 24.4. The molecule has 0 aliphatic carbocycles. The van der Waals surface area contributed by atoms with E-state index in [9.17, 15) is 9.18 Å². The topological polar surface area (TPSA) is 60.5 Å². The smallest absolute Gasteiger partial charge is 0.267 e. The highest BCUT2D eigenvalue weighted by Crippen LogP contribution is 2.32. The van der Waals surface area contributed by atoms with Gasteiger partial charge in [-0.05, 0) is 31.2 Å². The first-order valence-corrected chi connectivity index (χ1v) is 8.61. The Morgan fingerprint density at radius 3 is 2.62 bits per heavy atom. The fourth-order valence-corrected chi connectivity index (χ4v) is 3.43. The number of halogens is 1. The molecule has 0 atom stereocenters. The Hall–Kier alpha value is -2.93. The maximum absolute atomic E-state index is 14.0. The number of anilines is 1. The number of carbonyl (C=O) groups excluding carboxylic acids is 1. The molecule has 0 fully saturated rings. The van der Waals surface area contributed by atoms with Gasteiger partial charge in [0.2, 0.25) is 0 Å². The predicted octanol–water partition coefficient (Wildman–Crippen LogP) is 4.53. The number of ether oxygens (including phenoxy) is 2. The lowest BCUT2D eigenvalue weighted by molar-refractivity contribution is 0.102. The summed E-state index contributed by atoms with van der Waals surface area (Å²) >= 11 is 1.15. The maximum atomic E-state index is 14.0. The average molecular weight is 372 g/mol. The summed E-state index contributed by atoms with van der Waals surface area (Å²) in [6, 6.07) is 11.5. The summed E-state index contributed by atoms with van der Waals surface area (Å²) in [6.07, 6.45) is 0. The molecule has 3 rings (SSSR count). The van der Waals surface area contributed by atoms with Gasteiger partial charge < -0.3 is 14.8 Å². The third-order valence-electron chi connectivity index (χ3n) is 3.76. The molecular weight excluding hydrogens is 355 g/mol. The molecule has 0 aliphatic rings. The van der Waals surface area contributed by atoms with Crippen LogP contribution in [0.1, 0.15) is 15.4 Å². The lowest BCUT2D eigenvalue weighted by Crippen LogP contribution is -2.12. The van der Waals surface area contributed by atoms with E-state index < -0.39 is 0 Å². The fourth-order valence-electron chi connectivity index (χ4n) is 2.44. The summed E-state index contributed by atoms with van der Waals surface area (Å²) in [7, 11) is 3.07. The van der Waals surface area contributed by atoms with Crippen molar-refractivity contribution in [2.75, 3.05) is 19.5 Å². The normalized spacial score (nSPS) is 10.5. The summed E-state index contributed by atoms with van der Waals surface area (Å²) in [5.41, 5.74) is 1.43. The van der Waals surface area contributed by atoms with Crippen molar-refractivity contribution < 1.29 is 18.7 Å². The van der Waals surface area contributed by atoms with Crippen molar-refractivity contribution in [1.29, 1.82) is 0 Å². The van der Waals surface area contributed by atoms with Crippen LogP contribution in [0.5, 0.6) is 11.5 Å². The summed E-state index contributed by atoms with van der Waals surface area (Å²) in [5, 5.41) is 3.27. The van der Waals surface area contributed by atoms with Gasteiger partial charge in [0.1, 0.15) is 27.2 Å². The number of hydrogen-bond acceptors (Lipinski definition) is 5. The van der Waals surface area contributed by atoms with Crippen LogP contribution in [0.3, 0.4) is 0 Å². The van der Waals surface area contributed by atoms with E-state index in [2.05, 4.69) is 10.3 Å². The van der Waals surface area contributed by atoms with Gasteiger partial charge in [-0.25, -0.2) is 9.37 Å². The molecule has 0 saturated heterocycles. The highest BCUT2D eigenvalue weighted by Gasteiger charge is 2.19. The van der Waals surface area contributed by atoms with Gasteiger partial charge in [-0.15, -0.1) is 11.3 Å². The van der Waals surface area contributed by atoms with Gasteiger partial charge in [0, 0.05) is 11.6 Å². The second kappa shape index (κ2) is 7.53. The average Bonchev–Trinajstić information content (AvgIpc) is 3.04. The molecule has 26 heavy (non-hydrogen) atoms. The van der Waals surface area contributed by atoms with E-state index in [1.807, 2.05) is 0 Å². The van der Waals surface area contributed by atoms with E-state index in [-0.39, 0.29) is 11.7 Å². The first-order chi connectivity index (χ1) is 12.5. The number of rotatable bonds is 5. The van der Waals surface area contributed by atoms with Crippen molar-refractivity contribution in [3.63, 3.8) is 0 Å². The van der Waals surface area contributed by atoms with Crippen LogP contribution in [-0.2, 0) is 0 Å². The number of aryl methyl sites for hydroxylation is 1. The van der Waals surface area contributed by atoms with E-state index in [0.29, 0.717) is 38.3 Å². The van der Waals surface area contributed by atoms with Crippen molar-refractivity contribution in [2.24, 2.45) is 0 Å². The minimum Gasteiger partial charge on any atom is -0.497 e. The van der Waals surface area contributed by atoms with E-state index in [0.717, 1.165) is 11.3 Å². The largest absolute Gasteiger partial charge is 0.497 e. The number of hydrogen-bond donors (Lipinski definition) is 1. The molecule has 3 aromatic rings. The zero-order valence-electron chi connectivity index (χ0n) is 14.5. The van der Waals surface area contributed by atoms with Crippen LogP contribution in [0, 0.1) is 12.7 Å². The van der Waals surface area contributed by atoms with Crippen molar-refractivity contribution in [1.82, 2.24) is 4.98 Å². The number of aromatic nitrogens is 1. The SMILES string of the molecule is COc1ccc(NC(=O)c2sc(-c3ccccc3F)nc2C)c(OC)c1. The third-order valence-corrected chi connectivity index (χ3v) is 4.95. The lowest BCUT2D eigenvalue weighted by atomic mass is 10.2. The molecule has 5 nitrogen and oxygen atoms in total. The Balaban J connectivity index is 1.89. The Morgan fingerprint density at radius 2 is 1.92 bits per heavy atom. The molecule has 7 heteroatoms. The van der Waals surface area contributed by atoms with Crippen molar-refractivity contribution >= 4 is 22.9 Å². The first-order valence-electron chi connectivity index (χ1n) is 7.79. The van der Waals surface area contributed by atoms with Gasteiger partial charge in [0.25, 0.3) is 5.91 Å². The number of methoxy groups -OCH3 is 2. The fraction of sp³-hybridized carbons (Fsp3) is 0.158. The molecule has 0 bridgehead atoms. The molecule has 0 spiro atoms. The van der Waals surface area contributed by atoms with Crippen LogP contribution in [0.15, 0.2) is 42.5 Å². The monoisotopic (exact) mass is 372 g/mol. The molecule has 1 heterocycles. The second-order valence-corrected chi connectivity index (χ2v) is 6.43. The number of benzene rings is 2. The number of thiazole rings is 1. The Labute approximate surface area is 154 Å². The van der Waals surface area contributed by atoms with Crippen LogP contribution in [0.4, 0.5) is 10.1 Å². The minimum atomic E-state index is -0.370. The van der Waals surface area contributed by atoms with Crippen LogP contribution in [0.25, 0.3) is 10.6 Å². The molecular formula is C19H17FN2O3S. The van der Waals surface area contributed by atoms with Crippen molar-refractivity contribution in [2.45, 2.75) is 6.92 Å². The quantitative estimate of drug-likeness (QED) is 0.715. The predicted molar refractivity (Wildman–Crippen MR) is 99.7 cm³/mol. The van der Waals surface area contributed by atoms with E-state index in [1.54, 1.807) is 50.4 Å². The van der Waals surface area contributed by atoms with E-state index >= 15 is 0 Å². The summed E-state index contributed by atoms with van der Waals surface area (Å²) in [4.78, 5) is 17.4. The molecule has 0 aliphatic heterocycles. The van der Waals surface area contributed by atoms with Crippen LogP contribution >= 0.6 is 11.3 Å². The van der Waals surface area contributed by atoms with Gasteiger partial charge in [-0.2, -0.15) is 0 Å². The Morgan fingerprint density at radius 1 is 1.15 bits per heavy atom. The number of amides is 1. The second-order valence-electron chi connectivity index (χ2n) is 5.43. The number of carbonyl (C=O) groups is 1. The Bertz CT molecular complexity index is 956. The van der Waals surface area contributed by atoms with Crippen molar-refractivity contribution in [3.05, 3.63) is 58.9 Å². The highest BCUT2D eigenvalue weighted by atomic mass is 32.1. The summed E-state index contributed by atoms with van der Waals surface area (Å²) in [5.74, 6) is 0.404. The molecule has 1 amide bonds. The molecule has 1 aromatic heterocycles. The van der Waals surface area contributed by atoms with Gasteiger partial charge in [0.15, 0.2) is 0 Å². The van der Waals surface area contributed by atoms with Gasteiger partial charge in [-0.3, -0.25) is 4.79 Å². The third kappa shape index (κ3) is 3.52. The van der Waals surface area contributed by atoms with Crippen LogP contribution in [0.2, 0.25) is 0 Å². The van der Waals surface area contributed by atoms with Gasteiger partial charge >= 0.3 is 0 Å². The van der Waals surface area contributed by atoms with Crippen molar-refractivity contribution in [3.8, 4) is 22.1 Å². The van der Waals surface area contributed by atoms with Gasteiger partial charge in [-0.1, -0.05) is 12.1 Å².